The van der Waals surface area contributed by atoms with Crippen molar-refractivity contribution in [2.75, 3.05) is 37.8 Å². The minimum Gasteiger partial charge on any atom is -0.427 e. The van der Waals surface area contributed by atoms with Crippen LogP contribution in [0.3, 0.4) is 0 Å². The number of urea groups is 2. The second-order valence-electron chi connectivity index (χ2n) is 18.8. The summed E-state index contributed by atoms with van der Waals surface area (Å²) in [6.45, 7) is -1.40. The van der Waals surface area contributed by atoms with E-state index in [0.717, 1.165) is 38.1 Å². The highest BCUT2D eigenvalue weighted by atomic mass is 19.4. The summed E-state index contributed by atoms with van der Waals surface area (Å²) in [5.74, 6) is -5.16. The first-order valence-corrected chi connectivity index (χ1v) is 24.3. The van der Waals surface area contributed by atoms with E-state index in [0.29, 0.717) is 78.9 Å². The van der Waals surface area contributed by atoms with Crippen molar-refractivity contribution in [3.05, 3.63) is 130 Å². The Balaban J connectivity index is 0.000000226. The van der Waals surface area contributed by atoms with Crippen LogP contribution in [0.15, 0.2) is 84.9 Å². The van der Waals surface area contributed by atoms with Crippen molar-refractivity contribution in [1.29, 1.82) is 0 Å². The number of rotatable bonds is 12. The molecule has 4 aromatic rings. The summed E-state index contributed by atoms with van der Waals surface area (Å²) >= 11 is 0. The third kappa shape index (κ3) is 12.1. The van der Waals surface area contributed by atoms with E-state index >= 15 is 0 Å². The quantitative estimate of drug-likeness (QED) is 0.0999. The van der Waals surface area contributed by atoms with Crippen molar-refractivity contribution in [2.24, 2.45) is 0 Å². The highest BCUT2D eigenvalue weighted by Gasteiger charge is 2.59. The van der Waals surface area contributed by atoms with Gasteiger partial charge in [-0.1, -0.05) is 36.4 Å². The Bertz CT molecular complexity index is 2800. The Morgan fingerprint density at radius 2 is 0.923 bits per heavy atom. The van der Waals surface area contributed by atoms with Gasteiger partial charge in [0.25, 0.3) is 11.8 Å². The van der Waals surface area contributed by atoms with Gasteiger partial charge in [-0.05, 0) is 110 Å². The van der Waals surface area contributed by atoms with Crippen LogP contribution in [0.25, 0.3) is 0 Å². The maximum atomic E-state index is 13.6. The van der Waals surface area contributed by atoms with Crippen LogP contribution < -0.4 is 21.3 Å². The standard InChI is InChI=1S/2C26H26F4N4O5/c2*1-15(26(28,29)30)33(13-16-5-7-18(27)8-6-16)21(35)14-34-22(36)25(39-24(34)38)11-3-4-17-12-19(9-10-20(17)25)32-23(37)31-2/h2*5-10,12,15H,3-4,11,13-14H2,1-2H3,(H2,31,32,37)/t15-,25?;15-,25+/m00/s1. The van der Waals surface area contributed by atoms with Gasteiger partial charge in [0.2, 0.25) is 23.0 Å². The number of alkyl halides is 6. The van der Waals surface area contributed by atoms with Gasteiger partial charge in [-0.3, -0.25) is 19.2 Å². The maximum absolute atomic E-state index is 13.6. The van der Waals surface area contributed by atoms with E-state index < -0.39 is 121 Å². The van der Waals surface area contributed by atoms with Gasteiger partial charge in [0.15, 0.2) is 0 Å². The lowest BCUT2D eigenvalue weighted by molar-refractivity contribution is -0.187. The molecule has 2 spiro atoms. The van der Waals surface area contributed by atoms with Gasteiger partial charge in [0, 0.05) is 62.5 Å². The molecule has 2 aliphatic heterocycles. The highest BCUT2D eigenvalue weighted by molar-refractivity contribution is 6.07. The van der Waals surface area contributed by atoms with Gasteiger partial charge in [0.1, 0.15) is 36.8 Å². The number of fused-ring (bicyclic) bond motifs is 4. The van der Waals surface area contributed by atoms with Crippen molar-refractivity contribution in [1.82, 2.24) is 30.2 Å². The summed E-state index contributed by atoms with van der Waals surface area (Å²) in [6, 6.07) is 13.2. The smallest absolute Gasteiger partial charge is 0.418 e. The van der Waals surface area contributed by atoms with Crippen LogP contribution in [-0.4, -0.2) is 119 Å². The Kier molecular flexibility index (Phi) is 16.7. The number of carbonyl (C=O) groups excluding carboxylic acids is 8. The predicted octanol–water partition coefficient (Wildman–Crippen LogP) is 8.13. The second kappa shape index (κ2) is 22.7. The molecule has 10 amide bonds. The third-order valence-electron chi connectivity index (χ3n) is 13.8. The zero-order valence-corrected chi connectivity index (χ0v) is 42.2. The minimum absolute atomic E-state index is 0.121. The van der Waals surface area contributed by atoms with Crippen molar-refractivity contribution in [3.8, 4) is 0 Å². The summed E-state index contributed by atoms with van der Waals surface area (Å²) in [4.78, 5) is 104. The normalized spacial score (nSPS) is 19.4. The van der Waals surface area contributed by atoms with E-state index in [2.05, 4.69) is 21.3 Å². The van der Waals surface area contributed by atoms with Crippen LogP contribution in [0.4, 0.5) is 65.7 Å². The number of hydrogen-bond acceptors (Lipinski definition) is 10. The summed E-state index contributed by atoms with van der Waals surface area (Å²) in [7, 11) is 2.90. The summed E-state index contributed by atoms with van der Waals surface area (Å²) in [6.07, 6.45) is -9.70. The van der Waals surface area contributed by atoms with E-state index in [4.69, 9.17) is 9.47 Å². The van der Waals surface area contributed by atoms with Gasteiger partial charge < -0.3 is 40.5 Å². The maximum Gasteiger partial charge on any atom is 0.418 e. The molecule has 4 aliphatic rings. The lowest BCUT2D eigenvalue weighted by atomic mass is 9.78. The van der Waals surface area contributed by atoms with E-state index in [1.54, 1.807) is 24.3 Å². The van der Waals surface area contributed by atoms with Crippen molar-refractivity contribution >= 4 is 59.3 Å². The first-order valence-electron chi connectivity index (χ1n) is 24.3. The number of amides is 10. The minimum atomic E-state index is -4.80. The molecule has 0 bridgehead atoms. The Hall–Kier alpha value is -8.32. The number of aryl methyl sites for hydroxylation is 2. The van der Waals surface area contributed by atoms with Crippen LogP contribution in [0.1, 0.15) is 72.9 Å². The molecule has 0 aromatic heterocycles. The predicted molar refractivity (Wildman–Crippen MR) is 260 cm³/mol. The summed E-state index contributed by atoms with van der Waals surface area (Å²) < 4.78 is 119. The molecule has 0 saturated carbocycles. The first kappa shape index (κ1) is 57.4. The number of nitrogens with zero attached hydrogens (tertiary/aromatic N) is 4. The third-order valence-corrected chi connectivity index (χ3v) is 13.8. The number of halogens is 8. The molecule has 1 unspecified atom stereocenters. The van der Waals surface area contributed by atoms with Crippen molar-refractivity contribution < 1.29 is 83.0 Å². The van der Waals surface area contributed by atoms with Gasteiger partial charge in [-0.15, -0.1) is 0 Å². The van der Waals surface area contributed by atoms with Gasteiger partial charge in [-0.25, -0.2) is 37.8 Å². The van der Waals surface area contributed by atoms with Gasteiger partial charge in [-0.2, -0.15) is 26.3 Å². The molecule has 26 heteroatoms. The molecule has 2 aliphatic carbocycles. The number of ether oxygens (including phenoxy) is 2. The van der Waals surface area contributed by atoms with E-state index in [-0.39, 0.29) is 24.0 Å². The largest absolute Gasteiger partial charge is 0.427 e. The fourth-order valence-electron chi connectivity index (χ4n) is 9.54. The van der Waals surface area contributed by atoms with Gasteiger partial charge in [0.05, 0.1) is 0 Å². The lowest BCUT2D eigenvalue weighted by Crippen LogP contribution is -2.51. The second-order valence-corrected chi connectivity index (χ2v) is 18.8. The number of nitrogens with one attached hydrogen (secondary N) is 4. The monoisotopic (exact) mass is 1100 g/mol. The number of imide groups is 2. The molecule has 2 fully saturated rings. The molecular weight excluding hydrogens is 1050 g/mol. The molecule has 18 nitrogen and oxygen atoms in total. The number of benzene rings is 4. The van der Waals surface area contributed by atoms with Crippen molar-refractivity contribution in [2.45, 2.75) is 101 Å². The fraction of sp³-hybridized carbons (Fsp3) is 0.385. The topological polar surface area (TPSA) is 216 Å². The first-order chi connectivity index (χ1) is 36.7. The van der Waals surface area contributed by atoms with E-state index in [1.165, 1.54) is 50.5 Å². The average molecular weight is 1100 g/mol. The van der Waals surface area contributed by atoms with E-state index in [1.807, 2.05) is 0 Å². The zero-order valence-electron chi connectivity index (χ0n) is 42.2. The Morgan fingerprint density at radius 1 is 0.577 bits per heavy atom. The molecule has 2 saturated heterocycles. The van der Waals surface area contributed by atoms with Crippen LogP contribution >= 0.6 is 0 Å². The highest BCUT2D eigenvalue weighted by Crippen LogP contribution is 2.46. The molecule has 78 heavy (non-hydrogen) atoms. The molecule has 4 aromatic carbocycles. The van der Waals surface area contributed by atoms with Gasteiger partial charge >= 0.3 is 36.6 Å². The van der Waals surface area contributed by atoms with Crippen LogP contribution in [0.2, 0.25) is 0 Å². The zero-order chi connectivity index (χ0) is 57.1. The number of anilines is 2. The van der Waals surface area contributed by atoms with Crippen LogP contribution in [-0.2, 0) is 65.8 Å². The molecule has 2 heterocycles. The fourth-order valence-corrected chi connectivity index (χ4v) is 9.54. The Morgan fingerprint density at radius 3 is 1.24 bits per heavy atom. The molecule has 0 radical (unpaired) electrons. The van der Waals surface area contributed by atoms with Crippen LogP contribution in [0, 0.1) is 11.6 Å². The lowest BCUT2D eigenvalue weighted by Gasteiger charge is -2.33. The average Bonchev–Trinajstić information content (AvgIpc) is 4.03. The van der Waals surface area contributed by atoms with Crippen molar-refractivity contribution in [3.63, 3.8) is 0 Å². The van der Waals surface area contributed by atoms with Crippen LogP contribution in [0.5, 0.6) is 0 Å². The molecule has 8 rings (SSSR count). The molecular formula is C52H52F8N8O10. The van der Waals surface area contributed by atoms with E-state index in [9.17, 15) is 73.5 Å². The SMILES string of the molecule is CNC(=O)Nc1ccc2c(c1)CCCC21OC(=O)N(CC(=O)N(Cc2ccc(F)cc2)[C@@H](C)C(F)(F)F)C1=O.CNC(=O)Nc1ccc2c(c1)CCC[C@@]21OC(=O)N(CC(=O)N(Cc2ccc(F)cc2)[C@@H](C)C(F)(F)F)C1=O. The molecule has 4 N–H and O–H groups in total. The number of hydrogen-bond donors (Lipinski definition) is 4. The molecule has 4 atom stereocenters. The Labute approximate surface area is 440 Å². The molecule has 416 valence electrons. The summed E-state index contributed by atoms with van der Waals surface area (Å²) in [5, 5.41) is 10.1. The summed E-state index contributed by atoms with van der Waals surface area (Å²) in [5.41, 5.74) is -0.0287. The number of carbonyl (C=O) groups is 8.